The van der Waals surface area contributed by atoms with Crippen molar-refractivity contribution < 1.29 is 19.1 Å². The highest BCUT2D eigenvalue weighted by Gasteiger charge is 2.44. The molecular weight excluding hydrogens is 402 g/mol. The first-order valence-corrected chi connectivity index (χ1v) is 10.4. The summed E-state index contributed by atoms with van der Waals surface area (Å²) in [6, 6.07) is 12.9. The number of Topliss-reactive ketones (excluding diaryl/α,β-unsaturated/α-hetero) is 1. The molecule has 0 N–H and O–H groups in total. The Balaban J connectivity index is 1.67. The molecule has 0 saturated carbocycles. The van der Waals surface area contributed by atoms with Crippen molar-refractivity contribution in [3.05, 3.63) is 64.3 Å². The number of rotatable bonds is 2. The summed E-state index contributed by atoms with van der Waals surface area (Å²) in [6.07, 6.45) is 1.33. The van der Waals surface area contributed by atoms with Gasteiger partial charge in [-0.05, 0) is 47.7 Å². The first-order valence-electron chi connectivity index (χ1n) is 10.1. The lowest BCUT2D eigenvalue weighted by atomic mass is 9.69. The summed E-state index contributed by atoms with van der Waals surface area (Å²) in [4.78, 5) is 28.4. The third kappa shape index (κ3) is 3.18. The van der Waals surface area contributed by atoms with Crippen LogP contribution in [-0.4, -0.2) is 18.5 Å². The molecule has 5 rings (SSSR count). The maximum Gasteiger partial charge on any atom is 0.232 e. The molecule has 6 heteroatoms. The third-order valence-corrected chi connectivity index (χ3v) is 6.24. The van der Waals surface area contributed by atoms with E-state index in [0.29, 0.717) is 35.1 Å². The van der Waals surface area contributed by atoms with Crippen LogP contribution in [0.1, 0.15) is 44.6 Å². The zero-order valence-corrected chi connectivity index (χ0v) is 17.7. The van der Waals surface area contributed by atoms with Crippen LogP contribution in [0.4, 0.5) is 5.69 Å². The summed E-state index contributed by atoms with van der Waals surface area (Å²) in [5.74, 6) is 1.11. The van der Waals surface area contributed by atoms with Crippen LogP contribution in [-0.2, 0) is 9.59 Å². The van der Waals surface area contributed by atoms with Gasteiger partial charge in [0.05, 0.1) is 5.69 Å². The highest BCUT2D eigenvalue weighted by atomic mass is 35.5. The van der Waals surface area contributed by atoms with Gasteiger partial charge in [0.25, 0.3) is 0 Å². The molecule has 2 heterocycles. The number of hydrogen-bond donors (Lipinski definition) is 0. The monoisotopic (exact) mass is 423 g/mol. The Labute approximate surface area is 180 Å². The van der Waals surface area contributed by atoms with E-state index in [4.69, 9.17) is 21.1 Å². The SMILES string of the molecule is CC1(C)CC(=O)C2=C(C1)N(c1cccc(Cl)c1)C(=O)CC2c1ccc2c(c1)OCO2. The summed E-state index contributed by atoms with van der Waals surface area (Å²) in [7, 11) is 0. The minimum absolute atomic E-state index is 0.0378. The van der Waals surface area contributed by atoms with Crippen LogP contribution in [0.25, 0.3) is 0 Å². The summed E-state index contributed by atoms with van der Waals surface area (Å²) >= 11 is 6.20. The maximum atomic E-state index is 13.4. The Morgan fingerprint density at radius 3 is 2.63 bits per heavy atom. The van der Waals surface area contributed by atoms with Crippen LogP contribution >= 0.6 is 11.6 Å². The van der Waals surface area contributed by atoms with Crippen LogP contribution in [0.5, 0.6) is 11.5 Å². The standard InChI is InChI=1S/C24H22ClNO4/c1-24(2)11-18-23(19(27)12-24)17(14-6-7-20-21(8-14)30-13-29-20)10-22(28)26(18)16-5-3-4-15(25)9-16/h3-9,17H,10-13H2,1-2H3. The molecular formula is C24H22ClNO4. The average Bonchev–Trinajstić information content (AvgIpc) is 3.14. The van der Waals surface area contributed by atoms with Gasteiger partial charge in [-0.1, -0.05) is 37.6 Å². The number of nitrogens with zero attached hydrogens (tertiary/aromatic N) is 1. The summed E-state index contributed by atoms with van der Waals surface area (Å²) < 4.78 is 10.9. The first kappa shape index (κ1) is 19.2. The predicted octanol–water partition coefficient (Wildman–Crippen LogP) is 5.23. The lowest BCUT2D eigenvalue weighted by molar-refractivity contribution is -0.121. The van der Waals surface area contributed by atoms with Crippen LogP contribution in [0.3, 0.4) is 0 Å². The molecule has 1 amide bonds. The Hall–Kier alpha value is -2.79. The number of amides is 1. The second-order valence-electron chi connectivity index (χ2n) is 8.88. The number of anilines is 1. The molecule has 0 spiro atoms. The topological polar surface area (TPSA) is 55.8 Å². The first-order chi connectivity index (χ1) is 14.3. The number of allylic oxidation sites excluding steroid dienone is 2. The van der Waals surface area contributed by atoms with E-state index >= 15 is 0 Å². The molecule has 2 aromatic carbocycles. The van der Waals surface area contributed by atoms with Crippen molar-refractivity contribution in [3.8, 4) is 11.5 Å². The van der Waals surface area contributed by atoms with Crippen molar-refractivity contribution >= 4 is 29.0 Å². The Kier molecular flexibility index (Phi) is 4.40. The molecule has 1 unspecified atom stereocenters. The Morgan fingerprint density at radius 2 is 1.83 bits per heavy atom. The zero-order chi connectivity index (χ0) is 21.0. The van der Waals surface area contributed by atoms with Crippen LogP contribution < -0.4 is 14.4 Å². The number of benzene rings is 2. The second-order valence-corrected chi connectivity index (χ2v) is 9.32. The number of carbonyl (C=O) groups is 2. The summed E-state index contributed by atoms with van der Waals surface area (Å²) in [5, 5.41) is 0.557. The molecule has 1 aliphatic carbocycles. The molecule has 5 nitrogen and oxygen atoms in total. The normalized spacial score (nSPS) is 22.4. The number of ether oxygens (including phenoxy) is 2. The molecule has 1 atom stereocenters. The summed E-state index contributed by atoms with van der Waals surface area (Å²) in [6.45, 7) is 4.32. The van der Waals surface area contributed by atoms with E-state index in [1.165, 1.54) is 0 Å². The van der Waals surface area contributed by atoms with Gasteiger partial charge >= 0.3 is 0 Å². The van der Waals surface area contributed by atoms with Gasteiger partial charge in [-0.15, -0.1) is 0 Å². The molecule has 30 heavy (non-hydrogen) atoms. The van der Waals surface area contributed by atoms with Crippen molar-refractivity contribution in [2.24, 2.45) is 5.41 Å². The number of fused-ring (bicyclic) bond motifs is 1. The fraction of sp³-hybridized carbons (Fsp3) is 0.333. The van der Waals surface area contributed by atoms with Gasteiger partial charge in [0.2, 0.25) is 12.7 Å². The fourth-order valence-electron chi connectivity index (χ4n) is 4.74. The van der Waals surface area contributed by atoms with Crippen molar-refractivity contribution in [1.29, 1.82) is 0 Å². The Bertz CT molecular complexity index is 1100. The van der Waals surface area contributed by atoms with Gasteiger partial charge in [0.1, 0.15) is 0 Å². The third-order valence-electron chi connectivity index (χ3n) is 6.01. The van der Waals surface area contributed by atoms with Gasteiger partial charge in [0.15, 0.2) is 17.3 Å². The second kappa shape index (κ2) is 6.88. The van der Waals surface area contributed by atoms with E-state index in [9.17, 15) is 9.59 Å². The van der Waals surface area contributed by atoms with E-state index in [2.05, 4.69) is 13.8 Å². The number of ketones is 1. The highest BCUT2D eigenvalue weighted by Crippen LogP contribution is 2.49. The number of carbonyl (C=O) groups excluding carboxylic acids is 2. The molecule has 0 radical (unpaired) electrons. The fourth-order valence-corrected chi connectivity index (χ4v) is 4.93. The van der Waals surface area contributed by atoms with Crippen LogP contribution in [0, 0.1) is 5.41 Å². The number of halogens is 1. The molecule has 3 aliphatic rings. The molecule has 0 aromatic heterocycles. The quantitative estimate of drug-likeness (QED) is 0.663. The molecule has 2 aromatic rings. The average molecular weight is 424 g/mol. The molecule has 2 aliphatic heterocycles. The van der Waals surface area contributed by atoms with Gasteiger partial charge in [0, 0.05) is 35.1 Å². The zero-order valence-electron chi connectivity index (χ0n) is 16.9. The largest absolute Gasteiger partial charge is 0.454 e. The Morgan fingerprint density at radius 1 is 1.03 bits per heavy atom. The lowest BCUT2D eigenvalue weighted by Crippen LogP contribution is -2.43. The van der Waals surface area contributed by atoms with Crippen LogP contribution in [0.15, 0.2) is 53.7 Å². The van der Waals surface area contributed by atoms with Crippen molar-refractivity contribution in [2.45, 2.75) is 39.0 Å². The highest BCUT2D eigenvalue weighted by molar-refractivity contribution is 6.31. The smallest absolute Gasteiger partial charge is 0.232 e. The van der Waals surface area contributed by atoms with E-state index in [-0.39, 0.29) is 36.2 Å². The van der Waals surface area contributed by atoms with Gasteiger partial charge in [-0.25, -0.2) is 0 Å². The molecule has 0 saturated heterocycles. The van der Waals surface area contributed by atoms with Crippen molar-refractivity contribution in [1.82, 2.24) is 0 Å². The van der Waals surface area contributed by atoms with Gasteiger partial charge in [-0.2, -0.15) is 0 Å². The molecule has 154 valence electrons. The van der Waals surface area contributed by atoms with E-state index in [1.807, 2.05) is 30.3 Å². The van der Waals surface area contributed by atoms with E-state index < -0.39 is 0 Å². The van der Waals surface area contributed by atoms with Crippen molar-refractivity contribution in [3.63, 3.8) is 0 Å². The van der Waals surface area contributed by atoms with Crippen LogP contribution in [0.2, 0.25) is 5.02 Å². The number of hydrogen-bond acceptors (Lipinski definition) is 4. The summed E-state index contributed by atoms with van der Waals surface area (Å²) in [5.41, 5.74) is 2.91. The van der Waals surface area contributed by atoms with E-state index in [0.717, 1.165) is 16.8 Å². The lowest BCUT2D eigenvalue weighted by Gasteiger charge is -2.43. The van der Waals surface area contributed by atoms with Gasteiger partial charge in [-0.3, -0.25) is 14.5 Å². The minimum atomic E-state index is -0.291. The molecule has 0 bridgehead atoms. The molecule has 0 fully saturated rings. The predicted molar refractivity (Wildman–Crippen MR) is 114 cm³/mol. The minimum Gasteiger partial charge on any atom is -0.454 e. The van der Waals surface area contributed by atoms with Gasteiger partial charge < -0.3 is 9.47 Å². The maximum absolute atomic E-state index is 13.4. The van der Waals surface area contributed by atoms with Crippen molar-refractivity contribution in [2.75, 3.05) is 11.7 Å². The van der Waals surface area contributed by atoms with E-state index in [1.54, 1.807) is 17.0 Å².